The summed E-state index contributed by atoms with van der Waals surface area (Å²) in [5, 5.41) is 15.0. The van der Waals surface area contributed by atoms with Crippen molar-refractivity contribution in [2.24, 2.45) is 11.3 Å². The minimum absolute atomic E-state index is 0.0331. The molecule has 184 valence electrons. The lowest BCUT2D eigenvalue weighted by Gasteiger charge is -2.31. The van der Waals surface area contributed by atoms with Gasteiger partial charge in [0.2, 0.25) is 5.91 Å². The maximum atomic E-state index is 13.0. The zero-order valence-corrected chi connectivity index (χ0v) is 20.1. The number of carbonyl (C=O) groups excluding carboxylic acids is 2. The average molecular weight is 477 g/mol. The third kappa shape index (κ3) is 5.24. The van der Waals surface area contributed by atoms with Crippen LogP contribution in [0.1, 0.15) is 50.2 Å². The number of hydrogen-bond acceptors (Lipinski definition) is 4. The summed E-state index contributed by atoms with van der Waals surface area (Å²) in [6.45, 7) is 3.99. The number of ether oxygens (including phenoxy) is 1. The molecule has 4 rings (SSSR count). The van der Waals surface area contributed by atoms with E-state index in [1.807, 2.05) is 37.3 Å². The minimum Gasteiger partial charge on any atom is -0.481 e. The maximum Gasteiger partial charge on any atom is 0.407 e. The van der Waals surface area contributed by atoms with Crippen molar-refractivity contribution in [3.8, 4) is 11.1 Å². The van der Waals surface area contributed by atoms with Crippen LogP contribution in [0.25, 0.3) is 11.1 Å². The van der Waals surface area contributed by atoms with Gasteiger partial charge in [-0.2, -0.15) is 0 Å². The van der Waals surface area contributed by atoms with E-state index < -0.39 is 23.4 Å². The van der Waals surface area contributed by atoms with E-state index in [2.05, 4.69) is 34.9 Å². The van der Waals surface area contributed by atoms with Gasteiger partial charge in [0.15, 0.2) is 0 Å². The van der Waals surface area contributed by atoms with E-state index in [4.69, 9.17) is 4.74 Å². The summed E-state index contributed by atoms with van der Waals surface area (Å²) in [5.41, 5.74) is 3.75. The summed E-state index contributed by atoms with van der Waals surface area (Å²) < 4.78 is 5.59. The predicted octanol–water partition coefficient (Wildman–Crippen LogP) is 4.48. The Balaban J connectivity index is 1.33. The van der Waals surface area contributed by atoms with Crippen molar-refractivity contribution in [3.05, 3.63) is 71.8 Å². The third-order valence-corrected chi connectivity index (χ3v) is 7.29. The van der Waals surface area contributed by atoms with Crippen molar-refractivity contribution in [1.29, 1.82) is 0 Å². The Kier molecular flexibility index (Phi) is 7.24. The summed E-state index contributed by atoms with van der Waals surface area (Å²) in [4.78, 5) is 36.9. The lowest BCUT2D eigenvalue weighted by molar-refractivity contribution is -0.142. The molecule has 2 aromatic carbocycles. The predicted molar refractivity (Wildman–Crippen MR) is 133 cm³/mol. The molecule has 3 N–H and O–H groups in total. The molecule has 0 aliphatic heterocycles. The quantitative estimate of drug-likeness (QED) is 0.488. The monoisotopic (exact) mass is 476 g/mol. The van der Waals surface area contributed by atoms with Gasteiger partial charge >= 0.3 is 12.1 Å². The molecule has 0 bridgehead atoms. The minimum atomic E-state index is -0.858. The van der Waals surface area contributed by atoms with Gasteiger partial charge in [0.05, 0.1) is 11.3 Å². The van der Waals surface area contributed by atoms with Crippen LogP contribution in [-0.4, -0.2) is 42.3 Å². The first-order chi connectivity index (χ1) is 16.8. The Hall–Kier alpha value is -3.61. The number of carboxylic acids is 1. The van der Waals surface area contributed by atoms with Crippen LogP contribution >= 0.6 is 0 Å². The molecule has 2 aliphatic rings. The number of rotatable bonds is 8. The summed E-state index contributed by atoms with van der Waals surface area (Å²) in [6.07, 6.45) is 4.40. The van der Waals surface area contributed by atoms with Crippen LogP contribution in [0.4, 0.5) is 4.79 Å². The van der Waals surface area contributed by atoms with E-state index >= 15 is 0 Å². The molecule has 35 heavy (non-hydrogen) atoms. The van der Waals surface area contributed by atoms with Crippen molar-refractivity contribution < 1.29 is 24.2 Å². The fourth-order valence-corrected chi connectivity index (χ4v) is 4.82. The van der Waals surface area contributed by atoms with E-state index in [-0.39, 0.29) is 31.0 Å². The molecular weight excluding hydrogens is 444 g/mol. The molecular formula is C28H32N2O5. The molecule has 0 heterocycles. The van der Waals surface area contributed by atoms with Crippen molar-refractivity contribution in [3.63, 3.8) is 0 Å². The standard InChI is InChI=1S/C28H32N2O5/c1-3-28(2,26(33)30-19-10-8-9-18(15-19)25(31)32)17-29-27(34)35-16-24-22-13-6-4-11-20(22)21-12-5-7-14-23(21)24/h4-8,10-14,18-19,24H,3,9,15-17H2,1-2H3,(H,29,34)(H,30,33)(H,31,32). The number of aliphatic carboxylic acids is 1. The Morgan fingerprint density at radius 3 is 2.29 bits per heavy atom. The highest BCUT2D eigenvalue weighted by Crippen LogP contribution is 2.44. The number of hydrogen-bond donors (Lipinski definition) is 3. The fraction of sp³-hybridized carbons (Fsp3) is 0.393. The maximum absolute atomic E-state index is 13.0. The van der Waals surface area contributed by atoms with Crippen LogP contribution in [-0.2, 0) is 14.3 Å². The molecule has 0 aromatic heterocycles. The number of nitrogens with one attached hydrogen (secondary N) is 2. The van der Waals surface area contributed by atoms with Gasteiger partial charge in [-0.05, 0) is 48.4 Å². The van der Waals surface area contributed by atoms with Crippen molar-refractivity contribution in [1.82, 2.24) is 10.6 Å². The number of amides is 2. The fourth-order valence-electron chi connectivity index (χ4n) is 4.82. The first kappa shape index (κ1) is 24.5. The number of carboxylic acid groups (broad SMARTS) is 1. The molecule has 2 aromatic rings. The van der Waals surface area contributed by atoms with Gasteiger partial charge in [0, 0.05) is 18.5 Å². The Morgan fingerprint density at radius 2 is 1.69 bits per heavy atom. The highest BCUT2D eigenvalue weighted by atomic mass is 16.5. The second-order valence-electron chi connectivity index (χ2n) is 9.61. The van der Waals surface area contributed by atoms with Gasteiger partial charge in [0.1, 0.15) is 6.61 Å². The van der Waals surface area contributed by atoms with Gasteiger partial charge in [-0.25, -0.2) is 4.79 Å². The zero-order chi connectivity index (χ0) is 25.0. The van der Waals surface area contributed by atoms with Crippen molar-refractivity contribution >= 4 is 18.0 Å². The lowest BCUT2D eigenvalue weighted by Crippen LogP contribution is -2.50. The number of benzene rings is 2. The normalized spacial score (nSPS) is 20.3. The molecule has 7 heteroatoms. The van der Waals surface area contributed by atoms with Gasteiger partial charge in [0.25, 0.3) is 0 Å². The van der Waals surface area contributed by atoms with Crippen LogP contribution in [0.2, 0.25) is 0 Å². The van der Waals surface area contributed by atoms with Gasteiger partial charge in [-0.3, -0.25) is 9.59 Å². The van der Waals surface area contributed by atoms with E-state index in [1.165, 1.54) is 0 Å². The molecule has 7 nitrogen and oxygen atoms in total. The third-order valence-electron chi connectivity index (χ3n) is 7.29. The summed E-state index contributed by atoms with van der Waals surface area (Å²) in [7, 11) is 0. The zero-order valence-electron chi connectivity index (χ0n) is 20.1. The molecule has 0 saturated heterocycles. The molecule has 2 aliphatic carbocycles. The van der Waals surface area contributed by atoms with Crippen molar-refractivity contribution in [2.75, 3.05) is 13.2 Å². The Morgan fingerprint density at radius 1 is 1.06 bits per heavy atom. The van der Waals surface area contributed by atoms with Gasteiger partial charge in [-0.15, -0.1) is 0 Å². The highest BCUT2D eigenvalue weighted by molar-refractivity contribution is 5.84. The second kappa shape index (κ2) is 10.3. The van der Waals surface area contributed by atoms with E-state index in [9.17, 15) is 19.5 Å². The van der Waals surface area contributed by atoms with Crippen LogP contribution < -0.4 is 10.6 Å². The Bertz CT molecular complexity index is 1100. The molecule has 3 atom stereocenters. The first-order valence-corrected chi connectivity index (χ1v) is 12.1. The molecule has 0 saturated carbocycles. The van der Waals surface area contributed by atoms with Crippen LogP contribution in [0.3, 0.4) is 0 Å². The molecule has 0 spiro atoms. The summed E-state index contributed by atoms with van der Waals surface area (Å²) >= 11 is 0. The highest BCUT2D eigenvalue weighted by Gasteiger charge is 2.35. The molecule has 3 unspecified atom stereocenters. The largest absolute Gasteiger partial charge is 0.481 e. The van der Waals surface area contributed by atoms with Crippen LogP contribution in [0.5, 0.6) is 0 Å². The van der Waals surface area contributed by atoms with Gasteiger partial charge in [-0.1, -0.05) is 67.6 Å². The summed E-state index contributed by atoms with van der Waals surface area (Å²) in [5.74, 6) is -1.62. The average Bonchev–Trinajstić information content (AvgIpc) is 3.19. The smallest absolute Gasteiger partial charge is 0.407 e. The summed E-state index contributed by atoms with van der Waals surface area (Å²) in [6, 6.07) is 16.0. The number of allylic oxidation sites excluding steroid dienone is 1. The molecule has 0 radical (unpaired) electrons. The van der Waals surface area contributed by atoms with Crippen LogP contribution in [0, 0.1) is 11.3 Å². The second-order valence-corrected chi connectivity index (χ2v) is 9.61. The number of fused-ring (bicyclic) bond motifs is 3. The van der Waals surface area contributed by atoms with Crippen LogP contribution in [0.15, 0.2) is 60.7 Å². The topological polar surface area (TPSA) is 105 Å². The Labute approximate surface area is 205 Å². The number of carbonyl (C=O) groups is 3. The SMILES string of the molecule is CCC(C)(CNC(=O)OCC1c2ccccc2-c2ccccc21)C(=O)NC1C=CCC(C(=O)O)C1. The van der Waals surface area contributed by atoms with E-state index in [0.29, 0.717) is 19.3 Å². The molecule has 2 amide bonds. The van der Waals surface area contributed by atoms with Crippen molar-refractivity contribution in [2.45, 2.75) is 45.1 Å². The number of alkyl carbamates (subject to hydrolysis) is 1. The first-order valence-electron chi connectivity index (χ1n) is 12.1. The molecule has 0 fully saturated rings. The van der Waals surface area contributed by atoms with Gasteiger partial charge < -0.3 is 20.5 Å². The van der Waals surface area contributed by atoms with E-state index in [0.717, 1.165) is 22.3 Å². The lowest BCUT2D eigenvalue weighted by atomic mass is 9.85. The van der Waals surface area contributed by atoms with E-state index in [1.54, 1.807) is 13.0 Å².